The molecule has 0 radical (unpaired) electrons. The molecule has 0 amide bonds. The van der Waals surface area contributed by atoms with Crippen LogP contribution in [0.4, 0.5) is 0 Å². The summed E-state index contributed by atoms with van der Waals surface area (Å²) in [5, 5.41) is 0. The standard InChI is InChI=1S/C31H44O4/c1-19(27(34)35-8)17-22(32)18-21(3)30(7)15-11-20(2)31(30)16-12-23-24(31)9-10-25-28(4,5)26(33)13-14-29(23,25)6/h11,17,21,25H,9-10,12-16,18H2,1-8H3/b19-17+/t21-,25+,29-,30+,31+/m1/s1. The topological polar surface area (TPSA) is 60.4 Å². The van der Waals surface area contributed by atoms with Gasteiger partial charge in [-0.25, -0.2) is 4.79 Å². The van der Waals surface area contributed by atoms with E-state index in [4.69, 9.17) is 4.74 Å². The fraction of sp³-hybridized carbons (Fsp3) is 0.710. The maximum Gasteiger partial charge on any atom is 0.333 e. The van der Waals surface area contributed by atoms with Gasteiger partial charge in [0.2, 0.25) is 0 Å². The SMILES string of the molecule is COC(=O)/C(C)=C/C(=O)C[C@@H](C)[C@]1(C)CC=C(C)[C@]12CCC1=C2CC[C@H]2C(C)(C)C(=O)CC[C@]12C. The molecule has 4 rings (SSSR count). The Hall–Kier alpha value is -1.97. The maximum atomic E-state index is 12.9. The van der Waals surface area contributed by atoms with Gasteiger partial charge in [-0.2, -0.15) is 0 Å². The molecular formula is C31H44O4. The molecule has 0 heterocycles. The molecule has 4 aliphatic carbocycles. The Morgan fingerprint density at radius 2 is 1.80 bits per heavy atom. The van der Waals surface area contributed by atoms with E-state index in [1.54, 1.807) is 18.1 Å². The average Bonchev–Trinajstić information content (AvgIpc) is 3.32. The summed E-state index contributed by atoms with van der Waals surface area (Å²) in [6.07, 6.45) is 11.3. The van der Waals surface area contributed by atoms with Crippen molar-refractivity contribution in [3.63, 3.8) is 0 Å². The van der Waals surface area contributed by atoms with Gasteiger partial charge in [0.25, 0.3) is 0 Å². The van der Waals surface area contributed by atoms with E-state index >= 15 is 0 Å². The van der Waals surface area contributed by atoms with Crippen molar-refractivity contribution in [3.8, 4) is 0 Å². The Morgan fingerprint density at radius 1 is 1.11 bits per heavy atom. The molecule has 0 unspecified atom stereocenters. The summed E-state index contributed by atoms with van der Waals surface area (Å²) in [4.78, 5) is 37.6. The van der Waals surface area contributed by atoms with Crippen LogP contribution in [-0.4, -0.2) is 24.6 Å². The molecule has 0 bridgehead atoms. The van der Waals surface area contributed by atoms with Crippen molar-refractivity contribution < 1.29 is 19.1 Å². The summed E-state index contributed by atoms with van der Waals surface area (Å²) < 4.78 is 4.77. The number of ether oxygens (including phenoxy) is 1. The van der Waals surface area contributed by atoms with Crippen molar-refractivity contribution in [3.05, 3.63) is 34.4 Å². The normalized spacial score (nSPS) is 37.1. The van der Waals surface area contributed by atoms with E-state index in [-0.39, 0.29) is 33.4 Å². The maximum absolute atomic E-state index is 12.9. The molecule has 4 nitrogen and oxygen atoms in total. The van der Waals surface area contributed by atoms with Gasteiger partial charge >= 0.3 is 5.97 Å². The van der Waals surface area contributed by atoms with Gasteiger partial charge in [0, 0.05) is 29.2 Å². The van der Waals surface area contributed by atoms with Gasteiger partial charge in [-0.1, -0.05) is 57.4 Å². The third-order valence-corrected chi connectivity index (χ3v) is 11.2. The highest BCUT2D eigenvalue weighted by Crippen LogP contribution is 2.72. The van der Waals surface area contributed by atoms with Gasteiger partial charge in [-0.15, -0.1) is 0 Å². The first kappa shape index (κ1) is 26.1. The highest BCUT2D eigenvalue weighted by Gasteiger charge is 2.63. The van der Waals surface area contributed by atoms with Crippen molar-refractivity contribution in [2.75, 3.05) is 7.11 Å². The summed E-state index contributed by atoms with van der Waals surface area (Å²) in [5.41, 5.74) is 4.90. The molecule has 4 aliphatic rings. The minimum Gasteiger partial charge on any atom is -0.466 e. The van der Waals surface area contributed by atoms with Crippen LogP contribution in [0.2, 0.25) is 0 Å². The molecule has 35 heavy (non-hydrogen) atoms. The largest absolute Gasteiger partial charge is 0.466 e. The first-order chi connectivity index (χ1) is 16.3. The molecule has 5 atom stereocenters. The molecule has 0 aromatic carbocycles. The summed E-state index contributed by atoms with van der Waals surface area (Å²) >= 11 is 0. The third-order valence-electron chi connectivity index (χ3n) is 11.2. The summed E-state index contributed by atoms with van der Waals surface area (Å²) in [5.74, 6) is 0.564. The fourth-order valence-corrected chi connectivity index (χ4v) is 8.95. The molecule has 0 saturated heterocycles. The van der Waals surface area contributed by atoms with Crippen LogP contribution in [0.25, 0.3) is 0 Å². The van der Waals surface area contributed by atoms with E-state index in [2.05, 4.69) is 47.6 Å². The van der Waals surface area contributed by atoms with E-state index in [1.165, 1.54) is 18.8 Å². The Kier molecular flexibility index (Phi) is 6.38. The van der Waals surface area contributed by atoms with Crippen LogP contribution in [0.5, 0.6) is 0 Å². The second kappa shape index (κ2) is 8.56. The second-order valence-electron chi connectivity index (χ2n) is 12.9. The zero-order valence-electron chi connectivity index (χ0n) is 23.1. The number of fused-ring (bicyclic) bond motifs is 3. The van der Waals surface area contributed by atoms with Crippen LogP contribution in [0.1, 0.15) is 99.8 Å². The molecule has 192 valence electrons. The van der Waals surface area contributed by atoms with Crippen molar-refractivity contribution in [1.29, 1.82) is 0 Å². The zero-order valence-corrected chi connectivity index (χ0v) is 23.1. The van der Waals surface area contributed by atoms with Crippen molar-refractivity contribution in [1.82, 2.24) is 0 Å². The first-order valence-corrected chi connectivity index (χ1v) is 13.5. The Bertz CT molecular complexity index is 1060. The number of methoxy groups -OCH3 is 1. The second-order valence-corrected chi connectivity index (χ2v) is 12.9. The lowest BCUT2D eigenvalue weighted by Gasteiger charge is -2.56. The lowest BCUT2D eigenvalue weighted by atomic mass is 9.47. The van der Waals surface area contributed by atoms with Gasteiger partial charge in [-0.05, 0) is 81.1 Å². The Labute approximate surface area is 211 Å². The zero-order chi connectivity index (χ0) is 26.0. The van der Waals surface area contributed by atoms with Crippen LogP contribution < -0.4 is 0 Å². The summed E-state index contributed by atoms with van der Waals surface area (Å²) in [7, 11) is 1.34. The fourth-order valence-electron chi connectivity index (χ4n) is 8.95. The quantitative estimate of drug-likeness (QED) is 0.243. The van der Waals surface area contributed by atoms with E-state index < -0.39 is 5.97 Å². The summed E-state index contributed by atoms with van der Waals surface area (Å²) in [6, 6.07) is 0. The smallest absolute Gasteiger partial charge is 0.333 e. The number of allylic oxidation sites excluding steroid dienone is 5. The van der Waals surface area contributed by atoms with Gasteiger partial charge in [0.1, 0.15) is 5.78 Å². The molecule has 1 saturated carbocycles. The van der Waals surface area contributed by atoms with E-state index in [9.17, 15) is 14.4 Å². The predicted molar refractivity (Wildman–Crippen MR) is 139 cm³/mol. The number of carbonyl (C=O) groups excluding carboxylic acids is 3. The molecule has 4 heteroatoms. The molecule has 1 fully saturated rings. The third kappa shape index (κ3) is 3.56. The van der Waals surface area contributed by atoms with E-state index in [0.717, 1.165) is 38.5 Å². The molecule has 0 aromatic rings. The molecule has 0 aliphatic heterocycles. The number of ketones is 2. The molecular weight excluding hydrogens is 436 g/mol. The van der Waals surface area contributed by atoms with Crippen LogP contribution in [0.15, 0.2) is 34.4 Å². The van der Waals surface area contributed by atoms with E-state index in [0.29, 0.717) is 30.1 Å². The lowest BCUT2D eigenvalue weighted by molar-refractivity contribution is -0.139. The van der Waals surface area contributed by atoms with Crippen molar-refractivity contribution >= 4 is 17.5 Å². The van der Waals surface area contributed by atoms with Gasteiger partial charge < -0.3 is 4.74 Å². The minimum absolute atomic E-state index is 0.00270. The van der Waals surface area contributed by atoms with Crippen LogP contribution in [-0.2, 0) is 19.1 Å². The molecule has 1 spiro atoms. The number of rotatable bonds is 5. The lowest BCUT2D eigenvalue weighted by Crippen LogP contribution is -2.51. The Morgan fingerprint density at radius 3 is 2.46 bits per heavy atom. The number of carbonyl (C=O) groups is 3. The van der Waals surface area contributed by atoms with Crippen LogP contribution in [0.3, 0.4) is 0 Å². The average molecular weight is 481 g/mol. The number of hydrogen-bond donors (Lipinski definition) is 0. The monoisotopic (exact) mass is 480 g/mol. The number of hydrogen-bond acceptors (Lipinski definition) is 4. The first-order valence-electron chi connectivity index (χ1n) is 13.5. The molecule has 0 N–H and O–H groups in total. The highest BCUT2D eigenvalue weighted by molar-refractivity contribution is 5.99. The highest BCUT2D eigenvalue weighted by atomic mass is 16.5. The van der Waals surface area contributed by atoms with Crippen LogP contribution >= 0.6 is 0 Å². The van der Waals surface area contributed by atoms with Crippen LogP contribution in [0, 0.1) is 33.5 Å². The van der Waals surface area contributed by atoms with Crippen molar-refractivity contribution in [2.24, 2.45) is 33.5 Å². The predicted octanol–water partition coefficient (Wildman–Crippen LogP) is 6.94. The molecule has 0 aromatic heterocycles. The van der Waals surface area contributed by atoms with Gasteiger partial charge in [0.15, 0.2) is 5.78 Å². The summed E-state index contributed by atoms with van der Waals surface area (Å²) in [6.45, 7) is 15.4. The Balaban J connectivity index is 1.70. The number of Topliss-reactive ketones (excluding diaryl/α,β-unsaturated/α-hetero) is 1. The minimum atomic E-state index is -0.448. The van der Waals surface area contributed by atoms with E-state index in [1.807, 2.05) is 0 Å². The number of esters is 1. The van der Waals surface area contributed by atoms with Gasteiger partial charge in [0.05, 0.1) is 7.11 Å². The van der Waals surface area contributed by atoms with Crippen molar-refractivity contribution in [2.45, 2.75) is 99.8 Å². The van der Waals surface area contributed by atoms with Gasteiger partial charge in [-0.3, -0.25) is 9.59 Å².